The van der Waals surface area contributed by atoms with Crippen molar-refractivity contribution < 1.29 is 9.47 Å². The van der Waals surface area contributed by atoms with Gasteiger partial charge in [0, 0.05) is 30.6 Å². The Morgan fingerprint density at radius 1 is 1.20 bits per heavy atom. The van der Waals surface area contributed by atoms with Gasteiger partial charge in [-0.2, -0.15) is 16.7 Å². The van der Waals surface area contributed by atoms with Crippen molar-refractivity contribution in [3.63, 3.8) is 0 Å². The quantitative estimate of drug-likeness (QED) is 0.832. The minimum absolute atomic E-state index is 0.263. The molecule has 1 aliphatic heterocycles. The van der Waals surface area contributed by atoms with Crippen molar-refractivity contribution in [3.8, 4) is 5.88 Å². The predicted octanol–water partition coefficient (Wildman–Crippen LogP) is 3.52. The van der Waals surface area contributed by atoms with E-state index in [0.717, 1.165) is 67.0 Å². The van der Waals surface area contributed by atoms with Crippen molar-refractivity contribution in [2.75, 3.05) is 37.5 Å². The molecule has 1 aliphatic carbocycles. The van der Waals surface area contributed by atoms with Crippen molar-refractivity contribution in [2.24, 2.45) is 0 Å². The monoisotopic (exact) mass is 359 g/mol. The van der Waals surface area contributed by atoms with Gasteiger partial charge in [0.15, 0.2) is 0 Å². The highest BCUT2D eigenvalue weighted by molar-refractivity contribution is 7.99. The molecule has 0 atom stereocenters. The number of pyridine rings is 2. The highest BCUT2D eigenvalue weighted by Gasteiger charge is 2.24. The van der Waals surface area contributed by atoms with Crippen LogP contribution in [0.3, 0.4) is 0 Å². The molecule has 0 radical (unpaired) electrons. The first-order chi connectivity index (χ1) is 12.3. The molecule has 2 aromatic rings. The summed E-state index contributed by atoms with van der Waals surface area (Å²) in [7, 11) is 0. The summed E-state index contributed by atoms with van der Waals surface area (Å²) >= 11 is 1.98. The number of nitrogens with zero attached hydrogens (tertiary/aromatic N) is 3. The molecular formula is C19H25N3O2S. The molecule has 0 unspecified atom stereocenters. The minimum Gasteiger partial charge on any atom is -0.474 e. The van der Waals surface area contributed by atoms with Crippen LogP contribution in [0.1, 0.15) is 25.7 Å². The predicted molar refractivity (Wildman–Crippen MR) is 103 cm³/mol. The Balaban J connectivity index is 1.60. The zero-order valence-electron chi connectivity index (χ0n) is 14.7. The molecule has 25 heavy (non-hydrogen) atoms. The molecule has 3 heterocycles. The van der Waals surface area contributed by atoms with Crippen LogP contribution in [-0.4, -0.2) is 53.9 Å². The fraction of sp³-hybridized carbons (Fsp3) is 0.579. The second-order valence-electron chi connectivity index (χ2n) is 6.71. The van der Waals surface area contributed by atoms with Gasteiger partial charge in [-0.25, -0.2) is 0 Å². The number of aromatic nitrogens is 2. The number of rotatable bonds is 4. The van der Waals surface area contributed by atoms with Gasteiger partial charge in [-0.05, 0) is 44.1 Å². The van der Waals surface area contributed by atoms with E-state index in [1.165, 1.54) is 12.8 Å². The topological polar surface area (TPSA) is 47.5 Å². The second kappa shape index (κ2) is 7.79. The maximum Gasteiger partial charge on any atom is 0.225 e. The minimum atomic E-state index is 0.263. The molecule has 134 valence electrons. The van der Waals surface area contributed by atoms with Crippen LogP contribution < -0.4 is 9.64 Å². The van der Waals surface area contributed by atoms with E-state index < -0.39 is 0 Å². The normalized spacial score (nSPS) is 24.4. The lowest BCUT2D eigenvalue weighted by Gasteiger charge is -2.30. The van der Waals surface area contributed by atoms with E-state index in [1.54, 1.807) is 0 Å². The van der Waals surface area contributed by atoms with Crippen LogP contribution in [0.2, 0.25) is 0 Å². The Morgan fingerprint density at radius 3 is 2.76 bits per heavy atom. The van der Waals surface area contributed by atoms with Crippen LogP contribution in [0.5, 0.6) is 5.88 Å². The molecule has 0 N–H and O–H groups in total. The van der Waals surface area contributed by atoms with Crippen molar-refractivity contribution in [1.82, 2.24) is 9.97 Å². The number of anilines is 1. The Bertz CT molecular complexity index is 713. The van der Waals surface area contributed by atoms with E-state index >= 15 is 0 Å². The van der Waals surface area contributed by atoms with Gasteiger partial charge in [0.1, 0.15) is 11.9 Å². The summed E-state index contributed by atoms with van der Waals surface area (Å²) in [6.45, 7) is 3.22. The van der Waals surface area contributed by atoms with Crippen molar-refractivity contribution in [2.45, 2.75) is 37.0 Å². The first-order valence-corrected chi connectivity index (χ1v) is 10.4. The number of ether oxygens (including phenoxy) is 2. The summed E-state index contributed by atoms with van der Waals surface area (Å²) in [5.41, 5.74) is 0.951. The fourth-order valence-electron chi connectivity index (χ4n) is 3.62. The van der Waals surface area contributed by atoms with Gasteiger partial charge in [0.2, 0.25) is 5.88 Å². The molecule has 0 bridgehead atoms. The summed E-state index contributed by atoms with van der Waals surface area (Å²) in [5.74, 6) is 1.68. The van der Waals surface area contributed by atoms with Gasteiger partial charge < -0.3 is 14.4 Å². The lowest BCUT2D eigenvalue weighted by atomic mass is 9.97. The van der Waals surface area contributed by atoms with Crippen LogP contribution in [0.25, 0.3) is 10.9 Å². The van der Waals surface area contributed by atoms with E-state index in [9.17, 15) is 0 Å². The highest BCUT2D eigenvalue weighted by atomic mass is 32.2. The van der Waals surface area contributed by atoms with E-state index in [0.29, 0.717) is 0 Å². The Hall–Kier alpha value is -1.53. The molecule has 0 spiro atoms. The first kappa shape index (κ1) is 16.9. The maximum absolute atomic E-state index is 6.37. The van der Waals surface area contributed by atoms with Gasteiger partial charge >= 0.3 is 0 Å². The summed E-state index contributed by atoms with van der Waals surface area (Å²) in [6, 6.07) is 6.08. The molecular weight excluding hydrogens is 334 g/mol. The zero-order chi connectivity index (χ0) is 17.1. The third-order valence-electron chi connectivity index (χ3n) is 5.12. The van der Waals surface area contributed by atoms with E-state index in [2.05, 4.69) is 28.3 Å². The summed E-state index contributed by atoms with van der Waals surface area (Å²) in [6.07, 6.45) is 8.97. The molecule has 4 rings (SSSR count). The van der Waals surface area contributed by atoms with Crippen LogP contribution in [-0.2, 0) is 4.74 Å². The lowest BCUT2D eigenvalue weighted by molar-refractivity contribution is 0.122. The molecule has 0 aromatic carbocycles. The molecule has 2 fully saturated rings. The Labute approximate surface area is 153 Å². The smallest absolute Gasteiger partial charge is 0.225 e. The van der Waals surface area contributed by atoms with Crippen molar-refractivity contribution >= 4 is 28.5 Å². The molecule has 6 heteroatoms. The number of morpholine rings is 1. The van der Waals surface area contributed by atoms with Gasteiger partial charge in [-0.15, -0.1) is 0 Å². The summed E-state index contributed by atoms with van der Waals surface area (Å²) < 4.78 is 11.8. The van der Waals surface area contributed by atoms with Crippen molar-refractivity contribution in [3.05, 3.63) is 24.4 Å². The van der Waals surface area contributed by atoms with Gasteiger partial charge in [0.05, 0.1) is 24.1 Å². The van der Waals surface area contributed by atoms with Crippen LogP contribution in [0.15, 0.2) is 24.4 Å². The SMILES string of the molecule is CS[C@H]1CC[C@@H](Oc2nc(N3CCOCC3)cc3ncccc23)CC1. The van der Waals surface area contributed by atoms with Gasteiger partial charge in [0.25, 0.3) is 0 Å². The van der Waals surface area contributed by atoms with Gasteiger partial charge in [-0.3, -0.25) is 4.98 Å². The van der Waals surface area contributed by atoms with E-state index in [-0.39, 0.29) is 6.10 Å². The number of hydrogen-bond donors (Lipinski definition) is 0. The Morgan fingerprint density at radius 2 is 2.00 bits per heavy atom. The molecule has 2 aliphatic rings. The molecule has 1 saturated heterocycles. The first-order valence-electron chi connectivity index (χ1n) is 9.11. The van der Waals surface area contributed by atoms with Crippen LogP contribution >= 0.6 is 11.8 Å². The molecule has 1 saturated carbocycles. The third kappa shape index (κ3) is 3.85. The maximum atomic E-state index is 6.37. The van der Waals surface area contributed by atoms with E-state index in [4.69, 9.17) is 14.5 Å². The van der Waals surface area contributed by atoms with Crippen LogP contribution in [0, 0.1) is 0 Å². The Kier molecular flexibility index (Phi) is 5.27. The molecule has 0 amide bonds. The average Bonchev–Trinajstić information content (AvgIpc) is 2.69. The summed E-state index contributed by atoms with van der Waals surface area (Å²) in [5, 5.41) is 1.79. The highest BCUT2D eigenvalue weighted by Crippen LogP contribution is 2.32. The summed E-state index contributed by atoms with van der Waals surface area (Å²) in [4.78, 5) is 11.7. The number of thioether (sulfide) groups is 1. The van der Waals surface area contributed by atoms with Crippen LogP contribution in [0.4, 0.5) is 5.82 Å². The lowest BCUT2D eigenvalue weighted by Crippen LogP contribution is -2.36. The molecule has 5 nitrogen and oxygen atoms in total. The number of hydrogen-bond acceptors (Lipinski definition) is 6. The largest absolute Gasteiger partial charge is 0.474 e. The number of fused-ring (bicyclic) bond motifs is 1. The van der Waals surface area contributed by atoms with Gasteiger partial charge in [-0.1, -0.05) is 0 Å². The average molecular weight is 359 g/mol. The van der Waals surface area contributed by atoms with Crippen molar-refractivity contribution in [1.29, 1.82) is 0 Å². The molecule has 2 aromatic heterocycles. The zero-order valence-corrected chi connectivity index (χ0v) is 15.5. The third-order valence-corrected chi connectivity index (χ3v) is 6.26. The second-order valence-corrected chi connectivity index (χ2v) is 7.85. The standard InChI is InChI=1S/C19H25N3O2S/c1-25-15-6-4-14(5-7-15)24-19-16-3-2-8-20-17(16)13-18(21-19)22-9-11-23-12-10-22/h2-3,8,13-15H,4-7,9-12H2,1H3/t14-,15+. The fourth-order valence-corrected chi connectivity index (χ4v) is 4.36. The van der Waals surface area contributed by atoms with E-state index in [1.807, 2.05) is 24.0 Å².